The first kappa shape index (κ1) is 12.8. The number of phenols is 1. The van der Waals surface area contributed by atoms with Crippen LogP contribution in [-0.2, 0) is 0 Å². The highest BCUT2D eigenvalue weighted by Crippen LogP contribution is 2.33. The summed E-state index contributed by atoms with van der Waals surface area (Å²) in [7, 11) is 1.62. The fourth-order valence-corrected chi connectivity index (χ4v) is 2.43. The third-order valence-corrected chi connectivity index (χ3v) is 3.57. The van der Waals surface area contributed by atoms with Crippen LogP contribution in [0.25, 0.3) is 11.1 Å². The summed E-state index contributed by atoms with van der Waals surface area (Å²) in [6.07, 6.45) is 0. The monoisotopic (exact) mass is 260 g/mol. The maximum absolute atomic E-state index is 9.90. The molecule has 0 atom stereocenters. The van der Waals surface area contributed by atoms with Crippen LogP contribution in [0.2, 0.25) is 0 Å². The van der Waals surface area contributed by atoms with Crippen molar-refractivity contribution in [2.75, 3.05) is 12.9 Å². The molecule has 0 aliphatic rings. The summed E-state index contributed by atoms with van der Waals surface area (Å²) in [5, 5.41) is 9.90. The molecule has 0 aromatic heterocycles. The zero-order chi connectivity index (χ0) is 13.0. The van der Waals surface area contributed by atoms with Gasteiger partial charge in [-0.15, -0.1) is 11.8 Å². The minimum atomic E-state index is 0.270. The molecule has 2 rings (SSSR count). The number of phenolic OH excluding ortho intramolecular Hbond substituents is 1. The smallest absolute Gasteiger partial charge is 0.123 e. The molecular formula is C15H16O2S. The van der Waals surface area contributed by atoms with Crippen molar-refractivity contribution in [2.24, 2.45) is 0 Å². The molecule has 0 amide bonds. The van der Waals surface area contributed by atoms with E-state index in [1.807, 2.05) is 18.2 Å². The summed E-state index contributed by atoms with van der Waals surface area (Å²) in [5.41, 5.74) is 1.79. The van der Waals surface area contributed by atoms with Gasteiger partial charge in [-0.1, -0.05) is 19.1 Å². The summed E-state index contributed by atoms with van der Waals surface area (Å²) in [6, 6.07) is 13.4. The van der Waals surface area contributed by atoms with Crippen LogP contribution < -0.4 is 4.74 Å². The van der Waals surface area contributed by atoms with Crippen molar-refractivity contribution in [1.82, 2.24) is 0 Å². The molecule has 0 heterocycles. The maximum atomic E-state index is 9.90. The molecule has 0 aliphatic carbocycles. The van der Waals surface area contributed by atoms with E-state index in [0.717, 1.165) is 22.6 Å². The SMILES string of the molecule is CCSc1ccc(-c2cc(OC)ccc2O)cc1. The third kappa shape index (κ3) is 2.79. The molecule has 2 aromatic carbocycles. The molecule has 0 unspecified atom stereocenters. The Bertz CT molecular complexity index is 521. The van der Waals surface area contributed by atoms with E-state index in [4.69, 9.17) is 4.74 Å². The Balaban J connectivity index is 2.35. The Labute approximate surface area is 112 Å². The minimum Gasteiger partial charge on any atom is -0.507 e. The topological polar surface area (TPSA) is 29.5 Å². The van der Waals surface area contributed by atoms with Crippen molar-refractivity contribution >= 4 is 11.8 Å². The van der Waals surface area contributed by atoms with Crippen LogP contribution >= 0.6 is 11.8 Å². The number of hydrogen-bond donors (Lipinski definition) is 1. The van der Waals surface area contributed by atoms with Crippen LogP contribution in [0.1, 0.15) is 6.92 Å². The van der Waals surface area contributed by atoms with Crippen LogP contribution in [0.3, 0.4) is 0 Å². The van der Waals surface area contributed by atoms with Gasteiger partial charge in [0, 0.05) is 10.5 Å². The van der Waals surface area contributed by atoms with Crippen LogP contribution in [-0.4, -0.2) is 18.0 Å². The van der Waals surface area contributed by atoms with E-state index < -0.39 is 0 Å². The number of benzene rings is 2. The highest BCUT2D eigenvalue weighted by Gasteiger charge is 2.06. The molecule has 2 aromatic rings. The lowest BCUT2D eigenvalue weighted by molar-refractivity contribution is 0.412. The first-order valence-electron chi connectivity index (χ1n) is 5.85. The minimum absolute atomic E-state index is 0.270. The normalized spacial score (nSPS) is 10.3. The average Bonchev–Trinajstić information content (AvgIpc) is 2.41. The molecule has 0 bridgehead atoms. The second kappa shape index (κ2) is 5.83. The number of hydrogen-bond acceptors (Lipinski definition) is 3. The van der Waals surface area contributed by atoms with Crippen LogP contribution in [0, 0.1) is 0 Å². The highest BCUT2D eigenvalue weighted by molar-refractivity contribution is 7.99. The van der Waals surface area contributed by atoms with Gasteiger partial charge in [-0.05, 0) is 41.6 Å². The van der Waals surface area contributed by atoms with Crippen molar-refractivity contribution in [1.29, 1.82) is 0 Å². The van der Waals surface area contributed by atoms with E-state index >= 15 is 0 Å². The van der Waals surface area contributed by atoms with E-state index in [2.05, 4.69) is 19.1 Å². The zero-order valence-electron chi connectivity index (χ0n) is 10.5. The third-order valence-electron chi connectivity index (χ3n) is 2.68. The van der Waals surface area contributed by atoms with Gasteiger partial charge in [0.15, 0.2) is 0 Å². The van der Waals surface area contributed by atoms with Gasteiger partial charge in [-0.25, -0.2) is 0 Å². The number of thioether (sulfide) groups is 1. The van der Waals surface area contributed by atoms with E-state index in [1.54, 1.807) is 31.0 Å². The predicted molar refractivity (Wildman–Crippen MR) is 76.5 cm³/mol. The van der Waals surface area contributed by atoms with Gasteiger partial charge in [0.1, 0.15) is 11.5 Å². The second-order valence-electron chi connectivity index (χ2n) is 3.84. The molecule has 18 heavy (non-hydrogen) atoms. The average molecular weight is 260 g/mol. The predicted octanol–water partition coefficient (Wildman–Crippen LogP) is 4.18. The maximum Gasteiger partial charge on any atom is 0.123 e. The van der Waals surface area contributed by atoms with Gasteiger partial charge in [0.2, 0.25) is 0 Å². The highest BCUT2D eigenvalue weighted by atomic mass is 32.2. The largest absolute Gasteiger partial charge is 0.507 e. The van der Waals surface area contributed by atoms with Crippen molar-refractivity contribution in [3.05, 3.63) is 42.5 Å². The first-order chi connectivity index (χ1) is 8.74. The number of methoxy groups -OCH3 is 1. The number of ether oxygens (including phenoxy) is 1. The summed E-state index contributed by atoms with van der Waals surface area (Å²) in [5.74, 6) is 2.07. The van der Waals surface area contributed by atoms with Gasteiger partial charge in [0.05, 0.1) is 7.11 Å². The van der Waals surface area contributed by atoms with Gasteiger partial charge in [-0.3, -0.25) is 0 Å². The van der Waals surface area contributed by atoms with E-state index in [0.29, 0.717) is 0 Å². The Morgan fingerprint density at radius 3 is 2.44 bits per heavy atom. The molecule has 0 spiro atoms. The lowest BCUT2D eigenvalue weighted by Crippen LogP contribution is -1.85. The molecule has 94 valence electrons. The van der Waals surface area contributed by atoms with E-state index in [-0.39, 0.29) is 5.75 Å². The Morgan fingerprint density at radius 1 is 1.11 bits per heavy atom. The fourth-order valence-electron chi connectivity index (χ4n) is 1.77. The summed E-state index contributed by atoms with van der Waals surface area (Å²) < 4.78 is 5.18. The quantitative estimate of drug-likeness (QED) is 0.836. The molecular weight excluding hydrogens is 244 g/mol. The second-order valence-corrected chi connectivity index (χ2v) is 5.18. The van der Waals surface area contributed by atoms with Crippen LogP contribution in [0.5, 0.6) is 11.5 Å². The molecule has 0 saturated carbocycles. The molecule has 3 heteroatoms. The molecule has 0 fully saturated rings. The lowest BCUT2D eigenvalue weighted by atomic mass is 10.0. The van der Waals surface area contributed by atoms with Crippen LogP contribution in [0.4, 0.5) is 0 Å². The Morgan fingerprint density at radius 2 is 1.83 bits per heavy atom. The zero-order valence-corrected chi connectivity index (χ0v) is 11.3. The van der Waals surface area contributed by atoms with Crippen molar-refractivity contribution in [3.8, 4) is 22.6 Å². The van der Waals surface area contributed by atoms with Crippen molar-refractivity contribution in [3.63, 3.8) is 0 Å². The molecule has 1 N–H and O–H groups in total. The molecule has 0 radical (unpaired) electrons. The van der Waals surface area contributed by atoms with Gasteiger partial charge >= 0.3 is 0 Å². The van der Waals surface area contributed by atoms with Gasteiger partial charge in [0.25, 0.3) is 0 Å². The molecule has 0 aliphatic heterocycles. The first-order valence-corrected chi connectivity index (χ1v) is 6.83. The number of rotatable bonds is 4. The summed E-state index contributed by atoms with van der Waals surface area (Å²) in [4.78, 5) is 1.24. The van der Waals surface area contributed by atoms with Crippen molar-refractivity contribution < 1.29 is 9.84 Å². The molecule has 2 nitrogen and oxygen atoms in total. The number of aromatic hydroxyl groups is 1. The van der Waals surface area contributed by atoms with Crippen LogP contribution in [0.15, 0.2) is 47.4 Å². The Kier molecular flexibility index (Phi) is 4.15. The Hall–Kier alpha value is -1.61. The molecule has 0 saturated heterocycles. The summed E-state index contributed by atoms with van der Waals surface area (Å²) in [6.45, 7) is 2.13. The summed E-state index contributed by atoms with van der Waals surface area (Å²) >= 11 is 1.80. The van der Waals surface area contributed by atoms with Crippen molar-refractivity contribution in [2.45, 2.75) is 11.8 Å². The van der Waals surface area contributed by atoms with Gasteiger partial charge < -0.3 is 9.84 Å². The standard InChI is InChI=1S/C15H16O2S/c1-3-18-13-7-4-11(5-8-13)14-10-12(17-2)6-9-15(14)16/h4-10,16H,3H2,1-2H3. The van der Waals surface area contributed by atoms with Gasteiger partial charge in [-0.2, -0.15) is 0 Å². The fraction of sp³-hybridized carbons (Fsp3) is 0.200. The lowest BCUT2D eigenvalue weighted by Gasteiger charge is -2.08. The van der Waals surface area contributed by atoms with E-state index in [1.165, 1.54) is 4.90 Å². The van der Waals surface area contributed by atoms with E-state index in [9.17, 15) is 5.11 Å².